The number of ether oxygens (including phenoxy) is 2. The molecule has 0 spiro atoms. The first-order valence-corrected chi connectivity index (χ1v) is 9.35. The van der Waals surface area contributed by atoms with E-state index >= 15 is 0 Å². The molecule has 0 aromatic heterocycles. The Morgan fingerprint density at radius 1 is 1.19 bits per heavy atom. The van der Waals surface area contributed by atoms with Crippen LogP contribution in [-0.4, -0.2) is 41.7 Å². The van der Waals surface area contributed by atoms with Gasteiger partial charge in [0.25, 0.3) is 5.69 Å². The number of nitrogens with zero attached hydrogens (tertiary/aromatic N) is 2. The third kappa shape index (κ3) is 4.98. The van der Waals surface area contributed by atoms with Crippen molar-refractivity contribution in [3.63, 3.8) is 0 Å². The number of aryl methyl sites for hydroxylation is 1. The van der Waals surface area contributed by atoms with Crippen molar-refractivity contribution < 1.29 is 14.4 Å². The van der Waals surface area contributed by atoms with Crippen LogP contribution in [0.4, 0.5) is 5.69 Å². The van der Waals surface area contributed by atoms with E-state index < -0.39 is 0 Å². The summed E-state index contributed by atoms with van der Waals surface area (Å²) >= 11 is 0. The van der Waals surface area contributed by atoms with E-state index in [2.05, 4.69) is 11.8 Å². The van der Waals surface area contributed by atoms with E-state index in [-0.39, 0.29) is 16.2 Å². The lowest BCUT2D eigenvalue weighted by Gasteiger charge is -2.26. The molecule has 1 aliphatic rings. The van der Waals surface area contributed by atoms with Crippen molar-refractivity contribution in [2.45, 2.75) is 32.3 Å². The minimum Gasteiger partial charge on any atom is -0.492 e. The lowest BCUT2D eigenvalue weighted by atomic mass is 10.1. The van der Waals surface area contributed by atoms with Crippen LogP contribution in [0.2, 0.25) is 0 Å². The van der Waals surface area contributed by atoms with E-state index in [1.807, 2.05) is 37.3 Å². The largest absolute Gasteiger partial charge is 0.492 e. The number of para-hydroxylation sites is 1. The van der Waals surface area contributed by atoms with Gasteiger partial charge >= 0.3 is 0 Å². The summed E-state index contributed by atoms with van der Waals surface area (Å²) in [4.78, 5) is 13.1. The molecular weight excluding hydrogens is 344 g/mol. The van der Waals surface area contributed by atoms with Crippen LogP contribution in [0.1, 0.15) is 25.8 Å². The third-order valence-corrected chi connectivity index (χ3v) is 4.93. The van der Waals surface area contributed by atoms with Crippen LogP contribution in [-0.2, 0) is 6.42 Å². The molecule has 0 N–H and O–H groups in total. The van der Waals surface area contributed by atoms with Crippen molar-refractivity contribution in [3.05, 3.63) is 64.2 Å². The smallest absolute Gasteiger partial charge is 0.272 e. The average Bonchev–Trinajstić information content (AvgIpc) is 3.03. The van der Waals surface area contributed by atoms with Crippen LogP contribution in [0.5, 0.6) is 11.5 Å². The van der Waals surface area contributed by atoms with Gasteiger partial charge < -0.3 is 9.47 Å². The van der Waals surface area contributed by atoms with Gasteiger partial charge in [-0.15, -0.1) is 0 Å². The molecular formula is C21H26N2O4. The fourth-order valence-corrected chi connectivity index (χ4v) is 3.48. The van der Waals surface area contributed by atoms with Crippen LogP contribution in [0.3, 0.4) is 0 Å². The Hall–Kier alpha value is -2.60. The molecule has 0 bridgehead atoms. The third-order valence-electron chi connectivity index (χ3n) is 4.93. The van der Waals surface area contributed by atoms with E-state index in [1.54, 1.807) is 12.1 Å². The van der Waals surface area contributed by atoms with Crippen molar-refractivity contribution in [3.8, 4) is 11.5 Å². The summed E-state index contributed by atoms with van der Waals surface area (Å²) in [5, 5.41) is 11.1. The van der Waals surface area contributed by atoms with Gasteiger partial charge in [0.2, 0.25) is 0 Å². The van der Waals surface area contributed by atoms with Gasteiger partial charge in [0, 0.05) is 37.7 Å². The van der Waals surface area contributed by atoms with Crippen molar-refractivity contribution in [2.75, 3.05) is 26.2 Å². The monoisotopic (exact) mass is 370 g/mol. The highest BCUT2D eigenvalue weighted by atomic mass is 16.6. The molecule has 1 aliphatic heterocycles. The maximum absolute atomic E-state index is 11.1. The molecule has 1 heterocycles. The summed E-state index contributed by atoms with van der Waals surface area (Å²) in [7, 11) is 0. The van der Waals surface area contributed by atoms with Crippen LogP contribution in [0, 0.1) is 10.1 Å². The fourth-order valence-electron chi connectivity index (χ4n) is 3.48. The lowest BCUT2D eigenvalue weighted by molar-refractivity contribution is -0.385. The number of benzene rings is 2. The minimum atomic E-state index is -0.339. The number of rotatable bonds is 8. The Labute approximate surface area is 159 Å². The molecule has 27 heavy (non-hydrogen) atoms. The summed E-state index contributed by atoms with van der Waals surface area (Å²) in [6.07, 6.45) is 1.52. The number of nitro benzene ring substituents is 1. The van der Waals surface area contributed by atoms with Crippen LogP contribution < -0.4 is 9.47 Å². The first-order chi connectivity index (χ1) is 13.0. The van der Waals surface area contributed by atoms with Gasteiger partial charge in [0.05, 0.1) is 4.92 Å². The van der Waals surface area contributed by atoms with Gasteiger partial charge in [0.15, 0.2) is 0 Å². The second kappa shape index (κ2) is 8.39. The molecule has 6 nitrogen and oxygen atoms in total. The normalized spacial score (nSPS) is 19.8. The van der Waals surface area contributed by atoms with Crippen molar-refractivity contribution >= 4 is 5.69 Å². The van der Waals surface area contributed by atoms with Gasteiger partial charge in [-0.2, -0.15) is 0 Å². The van der Waals surface area contributed by atoms with Gasteiger partial charge in [-0.3, -0.25) is 15.0 Å². The molecule has 2 aromatic carbocycles. The van der Waals surface area contributed by atoms with Gasteiger partial charge in [-0.05, 0) is 37.6 Å². The lowest BCUT2D eigenvalue weighted by Crippen LogP contribution is -2.37. The maximum Gasteiger partial charge on any atom is 0.272 e. The molecule has 2 aromatic rings. The first kappa shape index (κ1) is 19.2. The molecule has 1 atom stereocenters. The Balaban J connectivity index is 1.54. The van der Waals surface area contributed by atoms with Crippen molar-refractivity contribution in [1.29, 1.82) is 0 Å². The number of hydrogen-bond acceptors (Lipinski definition) is 5. The summed E-state index contributed by atoms with van der Waals surface area (Å²) in [5.41, 5.74) is 0.557. The number of nitro groups is 1. The Morgan fingerprint density at radius 3 is 2.67 bits per heavy atom. The fraction of sp³-hybridized carbons (Fsp3) is 0.429. The van der Waals surface area contributed by atoms with Crippen LogP contribution in [0.25, 0.3) is 0 Å². The zero-order valence-corrected chi connectivity index (χ0v) is 15.9. The molecule has 6 heteroatoms. The molecule has 0 amide bonds. The van der Waals surface area contributed by atoms with Crippen molar-refractivity contribution in [1.82, 2.24) is 4.90 Å². The SMILES string of the molecule is CCc1cc(OC2(C)CCN(CCOc3ccccc3)C2)ccc1[N+](=O)[O-]. The zero-order valence-electron chi connectivity index (χ0n) is 15.9. The van der Waals surface area contributed by atoms with E-state index in [4.69, 9.17) is 9.47 Å². The van der Waals surface area contributed by atoms with E-state index in [0.29, 0.717) is 24.3 Å². The molecule has 3 rings (SSSR count). The first-order valence-electron chi connectivity index (χ1n) is 9.35. The maximum atomic E-state index is 11.1. The van der Waals surface area contributed by atoms with E-state index in [0.717, 1.165) is 31.8 Å². The number of likely N-dealkylation sites (tertiary alicyclic amines) is 1. The molecule has 0 radical (unpaired) electrons. The summed E-state index contributed by atoms with van der Waals surface area (Å²) < 4.78 is 12.0. The second-order valence-electron chi connectivity index (χ2n) is 7.14. The van der Waals surface area contributed by atoms with Gasteiger partial charge in [-0.1, -0.05) is 25.1 Å². The highest BCUT2D eigenvalue weighted by Gasteiger charge is 2.35. The molecule has 1 unspecified atom stereocenters. The highest BCUT2D eigenvalue weighted by molar-refractivity contribution is 5.45. The van der Waals surface area contributed by atoms with Gasteiger partial charge in [-0.25, -0.2) is 0 Å². The van der Waals surface area contributed by atoms with Gasteiger partial charge in [0.1, 0.15) is 23.7 Å². The molecule has 0 aliphatic carbocycles. The number of hydrogen-bond donors (Lipinski definition) is 0. The molecule has 0 saturated carbocycles. The van der Waals surface area contributed by atoms with E-state index in [1.165, 1.54) is 6.07 Å². The molecule has 1 fully saturated rings. The van der Waals surface area contributed by atoms with Crippen LogP contribution in [0.15, 0.2) is 48.5 Å². The Kier molecular flexibility index (Phi) is 5.96. The summed E-state index contributed by atoms with van der Waals surface area (Å²) in [6.45, 7) is 7.24. The predicted octanol–water partition coefficient (Wildman–Crippen LogP) is 4.08. The summed E-state index contributed by atoms with van der Waals surface area (Å²) in [6, 6.07) is 14.8. The minimum absolute atomic E-state index is 0.154. The standard InChI is InChI=1S/C21H26N2O4/c1-3-17-15-19(9-10-20(17)23(24)25)27-21(2)11-12-22(16-21)13-14-26-18-7-5-4-6-8-18/h4-10,15H,3,11-14,16H2,1-2H3. The molecule has 1 saturated heterocycles. The predicted molar refractivity (Wildman–Crippen MR) is 105 cm³/mol. The topological polar surface area (TPSA) is 64.8 Å². The average molecular weight is 370 g/mol. The highest BCUT2D eigenvalue weighted by Crippen LogP contribution is 2.31. The van der Waals surface area contributed by atoms with Crippen LogP contribution >= 0.6 is 0 Å². The summed E-state index contributed by atoms with van der Waals surface area (Å²) in [5.74, 6) is 1.58. The van der Waals surface area contributed by atoms with Crippen molar-refractivity contribution in [2.24, 2.45) is 0 Å². The quantitative estimate of drug-likeness (QED) is 0.517. The molecule has 144 valence electrons. The Bertz CT molecular complexity index is 781. The zero-order chi connectivity index (χ0) is 19.3. The Morgan fingerprint density at radius 2 is 1.96 bits per heavy atom. The van der Waals surface area contributed by atoms with E-state index in [9.17, 15) is 10.1 Å². The second-order valence-corrected chi connectivity index (χ2v) is 7.14.